The maximum Gasteiger partial charge on any atom is 0.416 e. The highest BCUT2D eigenvalue weighted by Crippen LogP contribution is 2.34. The van der Waals surface area contributed by atoms with E-state index in [4.69, 9.17) is 4.74 Å². The predicted octanol–water partition coefficient (Wildman–Crippen LogP) is 6.24. The van der Waals surface area contributed by atoms with Gasteiger partial charge < -0.3 is 4.74 Å². The van der Waals surface area contributed by atoms with Gasteiger partial charge in [0.2, 0.25) is 0 Å². The van der Waals surface area contributed by atoms with Crippen molar-refractivity contribution in [3.8, 4) is 11.1 Å². The number of nitrogens with zero attached hydrogens (tertiary/aromatic N) is 3. The van der Waals surface area contributed by atoms with Crippen LogP contribution < -0.4 is 0 Å². The lowest BCUT2D eigenvalue weighted by atomic mass is 9.80. The molecule has 0 aliphatic rings. The number of halogens is 4. The molecule has 0 aliphatic heterocycles. The van der Waals surface area contributed by atoms with E-state index < -0.39 is 23.1 Å². The highest BCUT2D eigenvalue weighted by atomic mass is 79.9. The smallest absolute Gasteiger partial charge is 0.416 e. The zero-order chi connectivity index (χ0) is 24.5. The Morgan fingerprint density at radius 2 is 1.85 bits per heavy atom. The van der Waals surface area contributed by atoms with Crippen LogP contribution in [0.3, 0.4) is 0 Å². The van der Waals surface area contributed by atoms with E-state index >= 15 is 0 Å². The van der Waals surface area contributed by atoms with Gasteiger partial charge in [0.15, 0.2) is 5.65 Å². The minimum atomic E-state index is -4.42. The molecule has 176 valence electrons. The van der Waals surface area contributed by atoms with Gasteiger partial charge in [0, 0.05) is 16.2 Å². The van der Waals surface area contributed by atoms with Crippen molar-refractivity contribution in [1.29, 1.82) is 0 Å². The minimum absolute atomic E-state index is 0.219. The molecule has 0 aliphatic carbocycles. The van der Waals surface area contributed by atoms with Crippen LogP contribution in [0, 0.1) is 0 Å². The average molecular weight is 532 g/mol. The second-order valence-corrected chi connectivity index (χ2v) is 8.97. The van der Waals surface area contributed by atoms with Crippen molar-refractivity contribution < 1.29 is 22.7 Å². The number of rotatable bonds is 6. The van der Waals surface area contributed by atoms with Gasteiger partial charge in [-0.3, -0.25) is 4.79 Å². The molecule has 0 radical (unpaired) electrons. The topological polar surface area (TPSA) is 56.5 Å². The van der Waals surface area contributed by atoms with E-state index in [1.807, 2.05) is 24.3 Å². The van der Waals surface area contributed by atoms with E-state index in [1.165, 1.54) is 12.1 Å². The lowest BCUT2D eigenvalue weighted by molar-refractivity contribution is -0.149. The van der Waals surface area contributed by atoms with Gasteiger partial charge in [-0.1, -0.05) is 40.2 Å². The number of benzene rings is 2. The number of carbonyl (C=O) groups excluding carboxylic acids is 1. The van der Waals surface area contributed by atoms with Crippen molar-refractivity contribution in [3.63, 3.8) is 0 Å². The van der Waals surface area contributed by atoms with Crippen LogP contribution in [-0.2, 0) is 27.5 Å². The van der Waals surface area contributed by atoms with Crippen molar-refractivity contribution in [1.82, 2.24) is 14.6 Å². The van der Waals surface area contributed by atoms with E-state index in [1.54, 1.807) is 36.8 Å². The summed E-state index contributed by atoms with van der Waals surface area (Å²) in [5.74, 6) is -0.408. The lowest BCUT2D eigenvalue weighted by Crippen LogP contribution is -2.38. The molecular weight excluding hydrogens is 511 g/mol. The van der Waals surface area contributed by atoms with Gasteiger partial charge in [0.1, 0.15) is 5.41 Å². The van der Waals surface area contributed by atoms with Crippen molar-refractivity contribution in [2.45, 2.75) is 31.9 Å². The van der Waals surface area contributed by atoms with Crippen molar-refractivity contribution in [2.24, 2.45) is 0 Å². The number of hydrogen-bond acceptors (Lipinski definition) is 4. The predicted molar refractivity (Wildman–Crippen MR) is 125 cm³/mol. The fourth-order valence-electron chi connectivity index (χ4n) is 3.96. The largest absolute Gasteiger partial charge is 0.465 e. The SMILES string of the molecule is CCOC(=O)C(C)(Cc1cccc(Br)c1)c1ccnc2c(-c3ccc(C(F)(F)F)cc3)cnn12. The Kier molecular flexibility index (Phi) is 6.49. The van der Waals surface area contributed by atoms with E-state index in [9.17, 15) is 18.0 Å². The molecule has 9 heteroatoms. The number of esters is 1. The second kappa shape index (κ2) is 9.21. The maximum absolute atomic E-state index is 13.2. The Balaban J connectivity index is 1.82. The van der Waals surface area contributed by atoms with Gasteiger partial charge >= 0.3 is 12.1 Å². The molecule has 0 fully saturated rings. The maximum atomic E-state index is 13.2. The summed E-state index contributed by atoms with van der Waals surface area (Å²) >= 11 is 3.47. The molecule has 0 N–H and O–H groups in total. The van der Waals surface area contributed by atoms with Crippen LogP contribution in [0.2, 0.25) is 0 Å². The first-order valence-electron chi connectivity index (χ1n) is 10.6. The number of alkyl halides is 3. The zero-order valence-corrected chi connectivity index (χ0v) is 20.0. The van der Waals surface area contributed by atoms with Crippen LogP contribution in [0.15, 0.2) is 71.5 Å². The molecule has 2 aromatic heterocycles. The van der Waals surface area contributed by atoms with Gasteiger partial charge in [-0.2, -0.15) is 18.3 Å². The van der Waals surface area contributed by atoms with Crippen LogP contribution in [0.1, 0.15) is 30.7 Å². The number of hydrogen-bond donors (Lipinski definition) is 0. The average Bonchev–Trinajstić information content (AvgIpc) is 3.23. The van der Waals surface area contributed by atoms with Crippen LogP contribution in [0.4, 0.5) is 13.2 Å². The Morgan fingerprint density at radius 3 is 2.50 bits per heavy atom. The highest BCUT2D eigenvalue weighted by molar-refractivity contribution is 9.10. The molecule has 1 atom stereocenters. The first-order valence-corrected chi connectivity index (χ1v) is 11.4. The molecule has 0 spiro atoms. The number of fused-ring (bicyclic) bond motifs is 1. The third-order valence-corrected chi connectivity index (χ3v) is 6.16. The van der Waals surface area contributed by atoms with Crippen molar-refractivity contribution in [2.75, 3.05) is 6.61 Å². The molecule has 1 unspecified atom stereocenters. The minimum Gasteiger partial charge on any atom is -0.465 e. The molecule has 4 aromatic rings. The highest BCUT2D eigenvalue weighted by Gasteiger charge is 2.40. The van der Waals surface area contributed by atoms with Gasteiger partial charge in [-0.05, 0) is 61.7 Å². The van der Waals surface area contributed by atoms with Crippen LogP contribution in [0.25, 0.3) is 16.8 Å². The summed E-state index contributed by atoms with van der Waals surface area (Å²) < 4.78 is 46.8. The summed E-state index contributed by atoms with van der Waals surface area (Å²) in [7, 11) is 0. The van der Waals surface area contributed by atoms with E-state index in [0.717, 1.165) is 22.2 Å². The molecule has 0 saturated carbocycles. The standard InChI is InChI=1S/C25H21BrF3N3O2/c1-3-34-23(33)24(2,14-16-5-4-6-19(26)13-16)21-11-12-30-22-20(15-31-32(21)22)17-7-9-18(10-8-17)25(27,28)29/h4-13,15H,3,14H2,1-2H3. The number of ether oxygens (including phenoxy) is 1. The molecule has 0 amide bonds. The second-order valence-electron chi connectivity index (χ2n) is 8.06. The Hall–Kier alpha value is -3.20. The molecular formula is C25H21BrF3N3O2. The van der Waals surface area contributed by atoms with Crippen molar-refractivity contribution >= 4 is 27.5 Å². The Morgan fingerprint density at radius 1 is 1.12 bits per heavy atom. The number of aromatic nitrogens is 3. The Bertz CT molecular complexity index is 1340. The third-order valence-electron chi connectivity index (χ3n) is 5.66. The molecule has 0 saturated heterocycles. The van der Waals surface area contributed by atoms with E-state index in [2.05, 4.69) is 26.0 Å². The Labute approximate surface area is 202 Å². The quantitative estimate of drug-likeness (QED) is 0.276. The fourth-order valence-corrected chi connectivity index (χ4v) is 4.41. The summed E-state index contributed by atoms with van der Waals surface area (Å²) in [6.45, 7) is 3.76. The lowest BCUT2D eigenvalue weighted by Gasteiger charge is -2.28. The summed E-state index contributed by atoms with van der Waals surface area (Å²) in [6.07, 6.45) is -0.962. The monoisotopic (exact) mass is 531 g/mol. The summed E-state index contributed by atoms with van der Waals surface area (Å²) in [5.41, 5.74) is 1.19. The molecule has 34 heavy (non-hydrogen) atoms. The molecule has 5 nitrogen and oxygen atoms in total. The summed E-state index contributed by atoms with van der Waals surface area (Å²) in [6, 6.07) is 14.2. The van der Waals surface area contributed by atoms with E-state index in [0.29, 0.717) is 28.9 Å². The van der Waals surface area contributed by atoms with Gasteiger partial charge in [-0.15, -0.1) is 0 Å². The summed E-state index contributed by atoms with van der Waals surface area (Å²) in [4.78, 5) is 17.6. The van der Waals surface area contributed by atoms with E-state index in [-0.39, 0.29) is 6.61 Å². The number of carbonyl (C=O) groups is 1. The van der Waals surface area contributed by atoms with Gasteiger partial charge in [-0.25, -0.2) is 9.50 Å². The van der Waals surface area contributed by atoms with Crippen molar-refractivity contribution in [3.05, 3.63) is 88.3 Å². The fraction of sp³-hybridized carbons (Fsp3) is 0.240. The van der Waals surface area contributed by atoms with Crippen LogP contribution in [-0.4, -0.2) is 27.2 Å². The third kappa shape index (κ3) is 4.57. The molecule has 0 bridgehead atoms. The van der Waals surface area contributed by atoms with Gasteiger partial charge in [0.25, 0.3) is 0 Å². The molecule has 2 heterocycles. The van der Waals surface area contributed by atoms with Crippen LogP contribution >= 0.6 is 15.9 Å². The normalized spacial score (nSPS) is 13.6. The van der Waals surface area contributed by atoms with Gasteiger partial charge in [0.05, 0.1) is 24.1 Å². The summed E-state index contributed by atoms with van der Waals surface area (Å²) in [5, 5.41) is 4.45. The molecule has 2 aromatic carbocycles. The zero-order valence-electron chi connectivity index (χ0n) is 18.4. The first kappa shape index (κ1) is 23.9. The molecule has 4 rings (SSSR count). The van der Waals surface area contributed by atoms with Crippen LogP contribution in [0.5, 0.6) is 0 Å². The first-order chi connectivity index (χ1) is 16.1.